The zero-order valence-electron chi connectivity index (χ0n) is 9.80. The van der Waals surface area contributed by atoms with Crippen LogP contribution in [-0.2, 0) is 4.79 Å². The molecule has 0 N–H and O–H groups in total. The Balaban J connectivity index is 2.27. The van der Waals surface area contributed by atoms with Gasteiger partial charge in [-0.05, 0) is 18.9 Å². The third-order valence-electron chi connectivity index (χ3n) is 2.97. The van der Waals surface area contributed by atoms with E-state index in [1.54, 1.807) is 17.9 Å². The third kappa shape index (κ3) is 2.35. The molecule has 1 atom stereocenters. The van der Waals surface area contributed by atoms with Crippen LogP contribution in [-0.4, -0.2) is 27.7 Å². The second-order valence-corrected chi connectivity index (χ2v) is 4.96. The molecule has 0 aromatic carbocycles. The van der Waals surface area contributed by atoms with Gasteiger partial charge < -0.3 is 0 Å². The first-order valence-electron chi connectivity index (χ1n) is 5.50. The first kappa shape index (κ1) is 12.9. The molecule has 2 rings (SSSR count). The Morgan fingerprint density at radius 1 is 1.67 bits per heavy atom. The second kappa shape index (κ2) is 5.01. The number of aromatic nitrogens is 1. The van der Waals surface area contributed by atoms with E-state index in [9.17, 15) is 14.9 Å². The summed E-state index contributed by atoms with van der Waals surface area (Å²) in [5.74, 6) is 0.779. The number of nitro groups is 1. The number of halogens is 1. The molecular weight excluding hydrogens is 302 g/mol. The third-order valence-corrected chi connectivity index (χ3v) is 3.88. The van der Waals surface area contributed by atoms with Gasteiger partial charge in [0.2, 0.25) is 5.91 Å². The van der Waals surface area contributed by atoms with Gasteiger partial charge in [0, 0.05) is 23.9 Å². The molecule has 2 heterocycles. The molecule has 0 bridgehead atoms. The number of carbonyl (C=O) groups is 1. The average molecular weight is 314 g/mol. The molecule has 1 fully saturated rings. The number of hydrogen-bond acceptors (Lipinski definition) is 4. The fraction of sp³-hybridized carbons (Fsp3) is 0.455. The van der Waals surface area contributed by atoms with Crippen molar-refractivity contribution in [1.82, 2.24) is 4.98 Å². The molecule has 1 aliphatic rings. The number of hydrogen-bond donors (Lipinski definition) is 0. The number of amides is 1. The van der Waals surface area contributed by atoms with Crippen LogP contribution >= 0.6 is 15.9 Å². The number of nitrogens with zero attached hydrogens (tertiary/aromatic N) is 3. The second-order valence-electron chi connectivity index (χ2n) is 4.31. The zero-order chi connectivity index (χ0) is 13.3. The highest BCUT2D eigenvalue weighted by molar-refractivity contribution is 9.09. The van der Waals surface area contributed by atoms with Crippen molar-refractivity contribution in [2.24, 2.45) is 5.92 Å². The van der Waals surface area contributed by atoms with Crippen LogP contribution in [0, 0.1) is 23.0 Å². The summed E-state index contributed by atoms with van der Waals surface area (Å²) < 4.78 is 0. The number of pyridine rings is 1. The van der Waals surface area contributed by atoms with Crippen molar-refractivity contribution in [3.05, 3.63) is 27.9 Å². The van der Waals surface area contributed by atoms with Gasteiger partial charge in [0.1, 0.15) is 12.0 Å². The lowest BCUT2D eigenvalue weighted by Crippen LogP contribution is -2.25. The Morgan fingerprint density at radius 2 is 2.39 bits per heavy atom. The summed E-state index contributed by atoms with van der Waals surface area (Å²) in [5, 5.41) is 11.5. The lowest BCUT2D eigenvalue weighted by atomic mass is 10.2. The van der Waals surface area contributed by atoms with E-state index in [0.29, 0.717) is 24.3 Å². The molecule has 1 saturated heterocycles. The molecule has 1 aromatic heterocycles. The monoisotopic (exact) mass is 313 g/mol. The van der Waals surface area contributed by atoms with Gasteiger partial charge in [-0.1, -0.05) is 15.9 Å². The first-order chi connectivity index (χ1) is 8.52. The summed E-state index contributed by atoms with van der Waals surface area (Å²) in [5.41, 5.74) is 0.488. The minimum absolute atomic E-state index is 0.0141. The summed E-state index contributed by atoms with van der Waals surface area (Å²) in [6, 6.07) is 1.59. The van der Waals surface area contributed by atoms with Crippen molar-refractivity contribution in [1.29, 1.82) is 0 Å². The molecule has 1 amide bonds. The largest absolute Gasteiger partial charge is 0.296 e. The van der Waals surface area contributed by atoms with Crippen LogP contribution < -0.4 is 4.90 Å². The van der Waals surface area contributed by atoms with Crippen LogP contribution in [0.3, 0.4) is 0 Å². The molecule has 7 heteroatoms. The van der Waals surface area contributed by atoms with Gasteiger partial charge in [-0.3, -0.25) is 19.8 Å². The van der Waals surface area contributed by atoms with E-state index < -0.39 is 4.92 Å². The van der Waals surface area contributed by atoms with Crippen LogP contribution in [0.5, 0.6) is 0 Å². The molecule has 0 saturated carbocycles. The fourth-order valence-electron chi connectivity index (χ4n) is 1.98. The van der Waals surface area contributed by atoms with Gasteiger partial charge in [-0.25, -0.2) is 4.98 Å². The van der Waals surface area contributed by atoms with Crippen LogP contribution in [0.2, 0.25) is 0 Å². The number of rotatable bonds is 3. The number of alkyl halides is 1. The number of carbonyl (C=O) groups excluding carboxylic acids is 1. The molecule has 96 valence electrons. The molecule has 0 spiro atoms. The van der Waals surface area contributed by atoms with Crippen LogP contribution in [0.4, 0.5) is 11.5 Å². The topological polar surface area (TPSA) is 76.3 Å². The fourth-order valence-corrected chi connectivity index (χ4v) is 2.41. The lowest BCUT2D eigenvalue weighted by Gasteiger charge is -2.15. The van der Waals surface area contributed by atoms with E-state index in [-0.39, 0.29) is 17.5 Å². The summed E-state index contributed by atoms with van der Waals surface area (Å²) in [6.45, 7) is 2.25. The molecule has 0 aliphatic carbocycles. The van der Waals surface area contributed by atoms with Crippen LogP contribution in [0.25, 0.3) is 0 Å². The Bertz CT molecular complexity index is 506. The quantitative estimate of drug-likeness (QED) is 0.486. The van der Waals surface area contributed by atoms with Gasteiger partial charge >= 0.3 is 0 Å². The van der Waals surface area contributed by atoms with Gasteiger partial charge in [0.05, 0.1) is 4.92 Å². The predicted octanol–water partition coefficient (Wildman–Crippen LogP) is 2.05. The Kier molecular flexibility index (Phi) is 3.60. The highest BCUT2D eigenvalue weighted by Crippen LogP contribution is 2.27. The zero-order valence-corrected chi connectivity index (χ0v) is 11.4. The smallest absolute Gasteiger partial charge is 0.290 e. The predicted molar refractivity (Wildman–Crippen MR) is 69.9 cm³/mol. The van der Waals surface area contributed by atoms with Crippen molar-refractivity contribution in [2.75, 3.05) is 16.8 Å². The highest BCUT2D eigenvalue weighted by Gasteiger charge is 2.31. The van der Waals surface area contributed by atoms with Gasteiger partial charge in [-0.2, -0.15) is 0 Å². The van der Waals surface area contributed by atoms with Crippen molar-refractivity contribution in [3.8, 4) is 0 Å². The average Bonchev–Trinajstić information content (AvgIpc) is 2.70. The molecule has 1 aromatic rings. The minimum Gasteiger partial charge on any atom is -0.296 e. The molecule has 18 heavy (non-hydrogen) atoms. The van der Waals surface area contributed by atoms with Gasteiger partial charge in [0.25, 0.3) is 5.69 Å². The Labute approximate surface area is 112 Å². The highest BCUT2D eigenvalue weighted by atomic mass is 79.9. The SMILES string of the molecule is Cc1cc(N2CC(CBr)CC2=O)ncc1[N+](=O)[O-]. The molecule has 0 radical (unpaired) electrons. The van der Waals surface area contributed by atoms with E-state index in [4.69, 9.17) is 0 Å². The standard InChI is InChI=1S/C11H12BrN3O3/c1-7-2-10(13-5-9(7)15(17)18)14-6-8(4-12)3-11(14)16/h2,5,8H,3-4,6H2,1H3. The van der Waals surface area contributed by atoms with Crippen molar-refractivity contribution in [2.45, 2.75) is 13.3 Å². The Morgan fingerprint density at radius 3 is 2.89 bits per heavy atom. The number of aryl methyl sites for hydroxylation is 1. The lowest BCUT2D eigenvalue weighted by molar-refractivity contribution is -0.385. The van der Waals surface area contributed by atoms with E-state index >= 15 is 0 Å². The van der Waals surface area contributed by atoms with E-state index in [1.807, 2.05) is 0 Å². The minimum atomic E-state index is -0.473. The van der Waals surface area contributed by atoms with Gasteiger partial charge in [-0.15, -0.1) is 0 Å². The van der Waals surface area contributed by atoms with Crippen molar-refractivity contribution >= 4 is 33.3 Å². The maximum absolute atomic E-state index is 11.8. The van der Waals surface area contributed by atoms with Crippen LogP contribution in [0.1, 0.15) is 12.0 Å². The van der Waals surface area contributed by atoms with Gasteiger partial charge in [0.15, 0.2) is 0 Å². The van der Waals surface area contributed by atoms with Crippen molar-refractivity contribution < 1.29 is 9.72 Å². The maximum atomic E-state index is 11.8. The van der Waals surface area contributed by atoms with E-state index in [0.717, 1.165) is 5.33 Å². The molecule has 1 aliphatic heterocycles. The molecular formula is C11H12BrN3O3. The first-order valence-corrected chi connectivity index (χ1v) is 6.62. The van der Waals surface area contributed by atoms with E-state index in [1.165, 1.54) is 6.20 Å². The summed E-state index contributed by atoms with van der Waals surface area (Å²) >= 11 is 3.36. The maximum Gasteiger partial charge on any atom is 0.290 e. The number of anilines is 1. The summed E-state index contributed by atoms with van der Waals surface area (Å²) in [6.07, 6.45) is 1.70. The van der Waals surface area contributed by atoms with E-state index in [2.05, 4.69) is 20.9 Å². The van der Waals surface area contributed by atoms with Crippen LogP contribution in [0.15, 0.2) is 12.3 Å². The molecule has 1 unspecified atom stereocenters. The normalized spacial score (nSPS) is 19.3. The summed E-state index contributed by atoms with van der Waals surface area (Å²) in [7, 11) is 0. The molecule has 6 nitrogen and oxygen atoms in total. The van der Waals surface area contributed by atoms with Crippen molar-refractivity contribution in [3.63, 3.8) is 0 Å². The summed E-state index contributed by atoms with van der Waals surface area (Å²) in [4.78, 5) is 27.6. The Hall–Kier alpha value is -1.50.